The Bertz CT molecular complexity index is 1110. The topological polar surface area (TPSA) is 80.9 Å². The standard InChI is InChI=1S/C17H10F2N4O2S/c18-10-2-3-12(13(19)6-10)16-7-11(21-25-16)8-20-17(24)9-1-4-14-15(5-9)23-26-22-14/h1-7H,8H2,(H,20,24). The number of fused-ring (bicyclic) bond motifs is 1. The number of halogens is 2. The van der Waals surface area contributed by atoms with Crippen molar-refractivity contribution < 1.29 is 18.1 Å². The van der Waals surface area contributed by atoms with Crippen LogP contribution in [0.5, 0.6) is 0 Å². The van der Waals surface area contributed by atoms with Crippen LogP contribution in [0.25, 0.3) is 22.4 Å². The summed E-state index contributed by atoms with van der Waals surface area (Å²) in [5, 5.41) is 6.49. The fourth-order valence-electron chi connectivity index (χ4n) is 2.41. The second kappa shape index (κ2) is 6.60. The molecular weight excluding hydrogens is 362 g/mol. The molecule has 0 saturated heterocycles. The molecule has 0 atom stereocenters. The second-order valence-electron chi connectivity index (χ2n) is 5.46. The van der Waals surface area contributed by atoms with Gasteiger partial charge in [-0.1, -0.05) is 5.16 Å². The van der Waals surface area contributed by atoms with Crippen molar-refractivity contribution in [2.24, 2.45) is 0 Å². The monoisotopic (exact) mass is 372 g/mol. The van der Waals surface area contributed by atoms with Gasteiger partial charge in [-0.2, -0.15) is 8.75 Å². The average molecular weight is 372 g/mol. The van der Waals surface area contributed by atoms with E-state index >= 15 is 0 Å². The lowest BCUT2D eigenvalue weighted by molar-refractivity contribution is 0.0950. The van der Waals surface area contributed by atoms with Crippen molar-refractivity contribution in [1.29, 1.82) is 0 Å². The number of benzene rings is 2. The third-order valence-electron chi connectivity index (χ3n) is 3.70. The van der Waals surface area contributed by atoms with E-state index in [-0.39, 0.29) is 23.8 Å². The van der Waals surface area contributed by atoms with Crippen LogP contribution in [0.4, 0.5) is 8.78 Å². The van der Waals surface area contributed by atoms with Crippen LogP contribution in [-0.4, -0.2) is 19.8 Å². The second-order valence-corrected chi connectivity index (χ2v) is 5.99. The van der Waals surface area contributed by atoms with E-state index in [0.29, 0.717) is 16.8 Å². The molecule has 0 aliphatic carbocycles. The summed E-state index contributed by atoms with van der Waals surface area (Å²) in [4.78, 5) is 12.2. The molecule has 0 aliphatic heterocycles. The Morgan fingerprint density at radius 2 is 1.92 bits per heavy atom. The molecule has 2 heterocycles. The summed E-state index contributed by atoms with van der Waals surface area (Å²) in [6.07, 6.45) is 0. The molecule has 4 aromatic rings. The van der Waals surface area contributed by atoms with Crippen molar-refractivity contribution in [3.8, 4) is 11.3 Å². The summed E-state index contributed by atoms with van der Waals surface area (Å²) in [5.74, 6) is -1.58. The Balaban J connectivity index is 1.46. The molecule has 26 heavy (non-hydrogen) atoms. The summed E-state index contributed by atoms with van der Waals surface area (Å²) in [5.41, 5.74) is 2.33. The number of nitrogens with zero attached hydrogens (tertiary/aromatic N) is 3. The van der Waals surface area contributed by atoms with Crippen LogP contribution in [0.1, 0.15) is 16.1 Å². The van der Waals surface area contributed by atoms with Crippen molar-refractivity contribution >= 4 is 28.7 Å². The van der Waals surface area contributed by atoms with Crippen LogP contribution in [0.2, 0.25) is 0 Å². The van der Waals surface area contributed by atoms with Crippen LogP contribution in [0, 0.1) is 11.6 Å². The van der Waals surface area contributed by atoms with Crippen molar-refractivity contribution in [3.05, 3.63) is 65.4 Å². The van der Waals surface area contributed by atoms with Gasteiger partial charge in [0, 0.05) is 17.7 Å². The molecule has 0 aliphatic rings. The van der Waals surface area contributed by atoms with E-state index < -0.39 is 11.6 Å². The Morgan fingerprint density at radius 1 is 1.08 bits per heavy atom. The quantitative estimate of drug-likeness (QED) is 0.592. The minimum absolute atomic E-state index is 0.0953. The fourth-order valence-corrected chi connectivity index (χ4v) is 2.93. The minimum atomic E-state index is -0.748. The molecule has 1 N–H and O–H groups in total. The van der Waals surface area contributed by atoms with Gasteiger partial charge in [-0.05, 0) is 30.3 Å². The van der Waals surface area contributed by atoms with Gasteiger partial charge < -0.3 is 9.84 Å². The molecule has 6 nitrogen and oxygen atoms in total. The van der Waals surface area contributed by atoms with Crippen molar-refractivity contribution in [2.75, 3.05) is 0 Å². The number of amides is 1. The molecule has 2 aromatic carbocycles. The largest absolute Gasteiger partial charge is 0.356 e. The summed E-state index contributed by atoms with van der Waals surface area (Å²) in [6.45, 7) is 0.0957. The first-order chi connectivity index (χ1) is 12.6. The SMILES string of the molecule is O=C(NCc1cc(-c2ccc(F)cc2F)on1)c1ccc2nsnc2c1. The van der Waals surface area contributed by atoms with Crippen molar-refractivity contribution in [1.82, 2.24) is 19.2 Å². The highest BCUT2D eigenvalue weighted by atomic mass is 32.1. The lowest BCUT2D eigenvalue weighted by Gasteiger charge is -2.02. The average Bonchev–Trinajstić information content (AvgIpc) is 3.28. The van der Waals surface area contributed by atoms with Crippen molar-refractivity contribution in [3.63, 3.8) is 0 Å². The molecule has 9 heteroatoms. The summed E-state index contributed by atoms with van der Waals surface area (Å²) in [6, 6.07) is 9.68. The molecule has 1 amide bonds. The molecule has 0 spiro atoms. The predicted octanol–water partition coefficient (Wildman–Crippen LogP) is 3.55. The van der Waals surface area contributed by atoms with Gasteiger partial charge in [0.2, 0.25) is 0 Å². The first kappa shape index (κ1) is 16.3. The number of rotatable bonds is 4. The van der Waals surface area contributed by atoms with E-state index in [4.69, 9.17) is 4.52 Å². The summed E-state index contributed by atoms with van der Waals surface area (Å²) >= 11 is 1.08. The third kappa shape index (κ3) is 3.16. The van der Waals surface area contributed by atoms with Gasteiger partial charge >= 0.3 is 0 Å². The smallest absolute Gasteiger partial charge is 0.251 e. The van der Waals surface area contributed by atoms with Gasteiger partial charge in [0.1, 0.15) is 28.4 Å². The Hall–Kier alpha value is -3.20. The summed E-state index contributed by atoms with van der Waals surface area (Å²) < 4.78 is 40.0. The zero-order valence-electron chi connectivity index (χ0n) is 13.1. The highest BCUT2D eigenvalue weighted by molar-refractivity contribution is 7.00. The van der Waals surface area contributed by atoms with E-state index in [1.54, 1.807) is 18.2 Å². The highest BCUT2D eigenvalue weighted by Gasteiger charge is 2.14. The van der Waals surface area contributed by atoms with Gasteiger partial charge in [-0.25, -0.2) is 8.78 Å². The zero-order chi connectivity index (χ0) is 18.1. The van der Waals surface area contributed by atoms with E-state index in [0.717, 1.165) is 29.4 Å². The van der Waals surface area contributed by atoms with E-state index in [1.807, 2.05) is 0 Å². The Morgan fingerprint density at radius 3 is 2.77 bits per heavy atom. The predicted molar refractivity (Wildman–Crippen MR) is 90.4 cm³/mol. The maximum atomic E-state index is 13.8. The lowest BCUT2D eigenvalue weighted by Crippen LogP contribution is -2.22. The van der Waals surface area contributed by atoms with Gasteiger partial charge in [0.15, 0.2) is 5.76 Å². The van der Waals surface area contributed by atoms with Crippen LogP contribution >= 0.6 is 11.7 Å². The molecule has 2 aromatic heterocycles. The lowest BCUT2D eigenvalue weighted by atomic mass is 10.1. The molecule has 0 fully saturated rings. The first-order valence-electron chi connectivity index (χ1n) is 7.52. The molecule has 0 radical (unpaired) electrons. The third-order valence-corrected chi connectivity index (χ3v) is 4.26. The summed E-state index contributed by atoms with van der Waals surface area (Å²) in [7, 11) is 0. The molecule has 130 valence electrons. The molecular formula is C17H10F2N4O2S. The van der Waals surface area contributed by atoms with Crippen LogP contribution in [-0.2, 0) is 6.54 Å². The number of hydrogen-bond donors (Lipinski definition) is 1. The number of nitrogens with one attached hydrogen (secondary N) is 1. The van der Waals surface area contributed by atoms with Gasteiger partial charge in [0.05, 0.1) is 23.8 Å². The van der Waals surface area contributed by atoms with Crippen molar-refractivity contribution in [2.45, 2.75) is 6.54 Å². The number of carbonyl (C=O) groups excluding carboxylic acids is 1. The number of carbonyl (C=O) groups is 1. The van der Waals surface area contributed by atoms with E-state index in [9.17, 15) is 13.6 Å². The van der Waals surface area contributed by atoms with E-state index in [1.165, 1.54) is 12.1 Å². The molecule has 4 rings (SSSR count). The highest BCUT2D eigenvalue weighted by Crippen LogP contribution is 2.24. The number of hydrogen-bond acceptors (Lipinski definition) is 6. The van der Waals surface area contributed by atoms with E-state index in [2.05, 4.69) is 19.2 Å². The van der Waals surface area contributed by atoms with Gasteiger partial charge in [-0.15, -0.1) is 0 Å². The van der Waals surface area contributed by atoms with Crippen LogP contribution in [0.3, 0.4) is 0 Å². The maximum absolute atomic E-state index is 13.8. The Kier molecular flexibility index (Phi) is 4.13. The Labute approximate surface area is 149 Å². The van der Waals surface area contributed by atoms with Crippen LogP contribution in [0.15, 0.2) is 47.0 Å². The van der Waals surface area contributed by atoms with Crippen LogP contribution < -0.4 is 5.32 Å². The first-order valence-corrected chi connectivity index (χ1v) is 8.25. The fraction of sp³-hybridized carbons (Fsp3) is 0.0588. The maximum Gasteiger partial charge on any atom is 0.251 e. The molecule has 0 unspecified atom stereocenters. The zero-order valence-corrected chi connectivity index (χ0v) is 13.9. The van der Waals surface area contributed by atoms with Gasteiger partial charge in [0.25, 0.3) is 5.91 Å². The van der Waals surface area contributed by atoms with Gasteiger partial charge in [-0.3, -0.25) is 4.79 Å². The molecule has 0 bridgehead atoms. The normalized spacial score (nSPS) is 11.0. The molecule has 0 saturated carbocycles. The number of aromatic nitrogens is 3. The minimum Gasteiger partial charge on any atom is -0.356 e.